The number of hydrogen-bond donors (Lipinski definition) is 0. The van der Waals surface area contributed by atoms with Crippen molar-refractivity contribution in [2.45, 2.75) is 46.0 Å². The molecule has 0 N–H and O–H groups in total. The third-order valence-corrected chi connectivity index (χ3v) is 1.72. The molecular weight excluding hydrogens is 196 g/mol. The van der Waals surface area contributed by atoms with E-state index in [1.54, 1.807) is 0 Å². The zero-order valence-corrected chi connectivity index (χ0v) is 9.58. The molecule has 0 aromatic rings. The van der Waals surface area contributed by atoms with E-state index in [1.165, 1.54) is 0 Å². The lowest BCUT2D eigenvalue weighted by atomic mass is 10.3. The van der Waals surface area contributed by atoms with Gasteiger partial charge in [-0.3, -0.25) is 9.59 Å². The Kier molecular flexibility index (Phi) is 8.82. The minimum Gasteiger partial charge on any atom is -0.466 e. The number of hydrogen-bond acceptors (Lipinski definition) is 4. The lowest BCUT2D eigenvalue weighted by molar-refractivity contribution is -0.146. The van der Waals surface area contributed by atoms with Crippen LogP contribution in [0.4, 0.5) is 0 Å². The molecule has 0 saturated heterocycles. The van der Waals surface area contributed by atoms with Gasteiger partial charge in [-0.2, -0.15) is 0 Å². The van der Waals surface area contributed by atoms with Crippen LogP contribution in [0.25, 0.3) is 0 Å². The van der Waals surface area contributed by atoms with Crippen molar-refractivity contribution in [3.8, 4) is 0 Å². The van der Waals surface area contributed by atoms with Crippen molar-refractivity contribution in [3.05, 3.63) is 0 Å². The van der Waals surface area contributed by atoms with Gasteiger partial charge in [0.2, 0.25) is 0 Å². The summed E-state index contributed by atoms with van der Waals surface area (Å²) in [5.74, 6) is -0.366. The molecule has 0 aromatic heterocycles. The maximum absolute atomic E-state index is 10.9. The first kappa shape index (κ1) is 13.9. The summed E-state index contributed by atoms with van der Waals surface area (Å²) in [6.45, 7) is 4.51. The average molecular weight is 216 g/mol. The standard InChI is InChI=1S/C11H20O4/c1-3-6-10(12)14-8-5-9-15-11(13)7-4-2/h3-9H2,1-2H3. The molecule has 0 saturated carbocycles. The number of carbonyl (C=O) groups excluding carboxylic acids is 2. The van der Waals surface area contributed by atoms with Crippen molar-refractivity contribution in [1.82, 2.24) is 0 Å². The lowest BCUT2D eigenvalue weighted by Gasteiger charge is -2.05. The normalized spacial score (nSPS) is 9.73. The summed E-state index contributed by atoms with van der Waals surface area (Å²) >= 11 is 0. The second kappa shape index (κ2) is 9.49. The van der Waals surface area contributed by atoms with Gasteiger partial charge in [0, 0.05) is 19.3 Å². The van der Waals surface area contributed by atoms with Crippen molar-refractivity contribution < 1.29 is 19.1 Å². The molecule has 0 aliphatic carbocycles. The SMILES string of the molecule is CCCC(=O)OCCCOC(=O)CCC. The molecule has 0 unspecified atom stereocenters. The summed E-state index contributed by atoms with van der Waals surface area (Å²) in [5.41, 5.74) is 0. The summed E-state index contributed by atoms with van der Waals surface area (Å²) < 4.78 is 9.79. The van der Waals surface area contributed by atoms with Crippen LogP contribution >= 0.6 is 0 Å². The molecule has 15 heavy (non-hydrogen) atoms. The van der Waals surface area contributed by atoms with Gasteiger partial charge in [0.25, 0.3) is 0 Å². The zero-order valence-electron chi connectivity index (χ0n) is 9.58. The molecule has 4 nitrogen and oxygen atoms in total. The van der Waals surface area contributed by atoms with E-state index < -0.39 is 0 Å². The quantitative estimate of drug-likeness (QED) is 0.460. The number of carbonyl (C=O) groups is 2. The van der Waals surface area contributed by atoms with Crippen LogP contribution in [0.1, 0.15) is 46.0 Å². The van der Waals surface area contributed by atoms with Crippen LogP contribution in [-0.4, -0.2) is 25.2 Å². The number of ether oxygens (including phenoxy) is 2. The number of rotatable bonds is 8. The van der Waals surface area contributed by atoms with Gasteiger partial charge in [0.1, 0.15) is 0 Å². The van der Waals surface area contributed by atoms with Crippen LogP contribution in [0, 0.1) is 0 Å². The molecular formula is C11H20O4. The minimum absolute atomic E-state index is 0.183. The highest BCUT2D eigenvalue weighted by atomic mass is 16.5. The van der Waals surface area contributed by atoms with Gasteiger partial charge in [0.05, 0.1) is 13.2 Å². The first-order chi connectivity index (χ1) is 7.20. The molecule has 0 aliphatic heterocycles. The van der Waals surface area contributed by atoms with E-state index in [1.807, 2.05) is 13.8 Å². The fourth-order valence-electron chi connectivity index (χ4n) is 0.984. The molecule has 0 heterocycles. The van der Waals surface area contributed by atoms with E-state index >= 15 is 0 Å². The van der Waals surface area contributed by atoms with Gasteiger partial charge in [-0.05, 0) is 12.8 Å². The minimum atomic E-state index is -0.183. The van der Waals surface area contributed by atoms with Crippen LogP contribution in [0.5, 0.6) is 0 Å². The molecule has 0 radical (unpaired) electrons. The van der Waals surface area contributed by atoms with E-state index in [0.29, 0.717) is 32.5 Å². The molecule has 0 rings (SSSR count). The molecule has 0 aliphatic rings. The fourth-order valence-corrected chi connectivity index (χ4v) is 0.984. The van der Waals surface area contributed by atoms with Crippen molar-refractivity contribution in [1.29, 1.82) is 0 Å². The zero-order chi connectivity index (χ0) is 11.5. The molecule has 0 atom stereocenters. The lowest BCUT2D eigenvalue weighted by Crippen LogP contribution is -2.10. The monoisotopic (exact) mass is 216 g/mol. The number of esters is 2. The van der Waals surface area contributed by atoms with Crippen LogP contribution in [-0.2, 0) is 19.1 Å². The summed E-state index contributed by atoms with van der Waals surface area (Å²) in [6, 6.07) is 0. The van der Waals surface area contributed by atoms with Gasteiger partial charge >= 0.3 is 11.9 Å². The third kappa shape index (κ3) is 9.25. The first-order valence-electron chi connectivity index (χ1n) is 5.52. The van der Waals surface area contributed by atoms with Crippen LogP contribution < -0.4 is 0 Å². The van der Waals surface area contributed by atoms with Gasteiger partial charge < -0.3 is 9.47 Å². The first-order valence-corrected chi connectivity index (χ1v) is 5.52. The maximum atomic E-state index is 10.9. The van der Waals surface area contributed by atoms with Crippen LogP contribution in [0.15, 0.2) is 0 Å². The van der Waals surface area contributed by atoms with E-state index in [2.05, 4.69) is 0 Å². The van der Waals surface area contributed by atoms with Crippen molar-refractivity contribution in [3.63, 3.8) is 0 Å². The highest BCUT2D eigenvalue weighted by Gasteiger charge is 2.02. The predicted molar refractivity (Wildman–Crippen MR) is 56.4 cm³/mol. The Hall–Kier alpha value is -1.06. The third-order valence-electron chi connectivity index (χ3n) is 1.72. The van der Waals surface area contributed by atoms with E-state index in [-0.39, 0.29) is 11.9 Å². The summed E-state index contributed by atoms with van der Waals surface area (Å²) in [4.78, 5) is 21.8. The molecule has 4 heteroatoms. The molecule has 0 amide bonds. The molecule has 88 valence electrons. The van der Waals surface area contributed by atoms with E-state index in [4.69, 9.17) is 9.47 Å². The predicted octanol–water partition coefficient (Wildman–Crippen LogP) is 2.06. The van der Waals surface area contributed by atoms with Gasteiger partial charge in [-0.15, -0.1) is 0 Å². The van der Waals surface area contributed by atoms with Gasteiger partial charge in [-0.25, -0.2) is 0 Å². The van der Waals surface area contributed by atoms with E-state index in [9.17, 15) is 9.59 Å². The van der Waals surface area contributed by atoms with Crippen molar-refractivity contribution >= 4 is 11.9 Å². The largest absolute Gasteiger partial charge is 0.466 e. The second-order valence-electron chi connectivity index (χ2n) is 3.29. The Labute approximate surface area is 90.9 Å². The highest BCUT2D eigenvalue weighted by Crippen LogP contribution is 1.95. The van der Waals surface area contributed by atoms with Crippen LogP contribution in [0.3, 0.4) is 0 Å². The molecule has 0 spiro atoms. The second-order valence-corrected chi connectivity index (χ2v) is 3.29. The molecule has 0 bridgehead atoms. The van der Waals surface area contributed by atoms with Crippen molar-refractivity contribution in [2.24, 2.45) is 0 Å². The Morgan fingerprint density at radius 1 is 0.867 bits per heavy atom. The van der Waals surface area contributed by atoms with E-state index in [0.717, 1.165) is 12.8 Å². The summed E-state index contributed by atoms with van der Waals surface area (Å²) in [5, 5.41) is 0. The summed E-state index contributed by atoms with van der Waals surface area (Å²) in [6.07, 6.45) is 3.07. The summed E-state index contributed by atoms with van der Waals surface area (Å²) in [7, 11) is 0. The highest BCUT2D eigenvalue weighted by molar-refractivity contribution is 5.69. The van der Waals surface area contributed by atoms with Crippen molar-refractivity contribution in [2.75, 3.05) is 13.2 Å². The Morgan fingerprint density at radius 2 is 1.27 bits per heavy atom. The Balaban J connectivity index is 3.24. The van der Waals surface area contributed by atoms with Gasteiger partial charge in [-0.1, -0.05) is 13.8 Å². The Morgan fingerprint density at radius 3 is 1.60 bits per heavy atom. The average Bonchev–Trinajstić information content (AvgIpc) is 2.18. The maximum Gasteiger partial charge on any atom is 0.305 e. The Bertz CT molecular complexity index is 169. The van der Waals surface area contributed by atoms with Crippen LogP contribution in [0.2, 0.25) is 0 Å². The fraction of sp³-hybridized carbons (Fsp3) is 0.818. The van der Waals surface area contributed by atoms with Gasteiger partial charge in [0.15, 0.2) is 0 Å². The topological polar surface area (TPSA) is 52.6 Å². The molecule has 0 fully saturated rings. The molecule has 0 aromatic carbocycles. The smallest absolute Gasteiger partial charge is 0.305 e.